The highest BCUT2D eigenvalue weighted by Crippen LogP contribution is 2.42. The first-order chi connectivity index (χ1) is 11.4. The Labute approximate surface area is 136 Å². The molecule has 23 heavy (non-hydrogen) atoms. The Morgan fingerprint density at radius 2 is 1.91 bits per heavy atom. The van der Waals surface area contributed by atoms with Crippen LogP contribution < -0.4 is 4.74 Å². The third kappa shape index (κ3) is 2.50. The van der Waals surface area contributed by atoms with Crippen molar-refractivity contribution in [3.8, 4) is 28.0 Å². The van der Waals surface area contributed by atoms with Crippen LogP contribution in [0.5, 0.6) is 5.75 Å². The Morgan fingerprint density at radius 1 is 1.00 bits per heavy atom. The predicted octanol–water partition coefficient (Wildman–Crippen LogP) is 5.11. The van der Waals surface area contributed by atoms with Crippen molar-refractivity contribution < 1.29 is 4.74 Å². The predicted molar refractivity (Wildman–Crippen MR) is 93.7 cm³/mol. The van der Waals surface area contributed by atoms with Gasteiger partial charge < -0.3 is 4.74 Å². The maximum atomic E-state index is 5.79. The van der Waals surface area contributed by atoms with Gasteiger partial charge in [-0.3, -0.25) is 4.98 Å². The van der Waals surface area contributed by atoms with E-state index < -0.39 is 0 Å². The number of pyridine rings is 1. The van der Waals surface area contributed by atoms with Gasteiger partial charge in [0.25, 0.3) is 0 Å². The lowest BCUT2D eigenvalue weighted by Gasteiger charge is -2.11. The Morgan fingerprint density at radius 3 is 2.83 bits per heavy atom. The van der Waals surface area contributed by atoms with Gasteiger partial charge in [0.05, 0.1) is 12.3 Å². The SMILES string of the molecule is CCCOc1cccc(-c2ccnc3c2-c2ccccc2C3)c1. The van der Waals surface area contributed by atoms with Crippen LogP contribution in [0.4, 0.5) is 0 Å². The Bertz CT molecular complexity index is 854. The van der Waals surface area contributed by atoms with Gasteiger partial charge >= 0.3 is 0 Å². The number of rotatable bonds is 4. The van der Waals surface area contributed by atoms with Crippen molar-refractivity contribution in [3.05, 3.63) is 72.1 Å². The number of fused-ring (bicyclic) bond motifs is 3. The summed E-state index contributed by atoms with van der Waals surface area (Å²) in [7, 11) is 0. The van der Waals surface area contributed by atoms with Crippen LogP contribution in [0.15, 0.2) is 60.8 Å². The fourth-order valence-electron chi connectivity index (χ4n) is 3.25. The quantitative estimate of drug-likeness (QED) is 0.522. The van der Waals surface area contributed by atoms with E-state index in [1.54, 1.807) is 0 Å². The molecular formula is C21H19NO. The third-order valence-electron chi connectivity index (χ3n) is 4.29. The maximum absolute atomic E-state index is 5.79. The molecule has 1 aliphatic carbocycles. The zero-order chi connectivity index (χ0) is 15.6. The molecule has 2 nitrogen and oxygen atoms in total. The van der Waals surface area contributed by atoms with Crippen molar-refractivity contribution in [1.82, 2.24) is 4.98 Å². The number of ether oxygens (including phenoxy) is 1. The summed E-state index contributed by atoms with van der Waals surface area (Å²) in [6.45, 7) is 2.87. The van der Waals surface area contributed by atoms with Gasteiger partial charge in [-0.2, -0.15) is 0 Å². The van der Waals surface area contributed by atoms with E-state index in [4.69, 9.17) is 4.74 Å². The largest absolute Gasteiger partial charge is 0.494 e. The summed E-state index contributed by atoms with van der Waals surface area (Å²) in [6.07, 6.45) is 3.85. The summed E-state index contributed by atoms with van der Waals surface area (Å²) in [5.74, 6) is 0.932. The molecule has 0 spiro atoms. The lowest BCUT2D eigenvalue weighted by molar-refractivity contribution is 0.317. The fraction of sp³-hybridized carbons (Fsp3) is 0.190. The van der Waals surface area contributed by atoms with E-state index in [2.05, 4.69) is 60.4 Å². The molecule has 114 valence electrons. The molecule has 0 aliphatic heterocycles. The van der Waals surface area contributed by atoms with Gasteiger partial charge in [-0.15, -0.1) is 0 Å². The average Bonchev–Trinajstić information content (AvgIpc) is 2.99. The van der Waals surface area contributed by atoms with Crippen molar-refractivity contribution in [1.29, 1.82) is 0 Å². The second kappa shape index (κ2) is 5.88. The van der Waals surface area contributed by atoms with Crippen molar-refractivity contribution in [2.45, 2.75) is 19.8 Å². The van der Waals surface area contributed by atoms with E-state index in [1.165, 1.54) is 33.5 Å². The van der Waals surface area contributed by atoms with Crippen LogP contribution in [-0.4, -0.2) is 11.6 Å². The molecule has 1 heterocycles. The van der Waals surface area contributed by atoms with Gasteiger partial charge in [0.15, 0.2) is 0 Å². The molecule has 0 amide bonds. The smallest absolute Gasteiger partial charge is 0.119 e. The maximum Gasteiger partial charge on any atom is 0.119 e. The standard InChI is InChI=1S/C21H19NO/c1-2-12-23-17-8-5-7-15(13-17)19-10-11-22-20-14-16-6-3-4-9-18(16)21(19)20/h3-11,13H,2,12,14H2,1H3. The van der Waals surface area contributed by atoms with Gasteiger partial charge in [-0.05, 0) is 46.9 Å². The molecule has 0 N–H and O–H groups in total. The van der Waals surface area contributed by atoms with Gasteiger partial charge in [0, 0.05) is 18.2 Å². The van der Waals surface area contributed by atoms with E-state index in [9.17, 15) is 0 Å². The van der Waals surface area contributed by atoms with Gasteiger partial charge in [-0.25, -0.2) is 0 Å². The lowest BCUT2D eigenvalue weighted by Crippen LogP contribution is -1.95. The third-order valence-corrected chi connectivity index (χ3v) is 4.29. The van der Waals surface area contributed by atoms with Gasteiger partial charge in [-0.1, -0.05) is 43.3 Å². The Kier molecular flexibility index (Phi) is 3.58. The minimum atomic E-state index is 0.751. The van der Waals surface area contributed by atoms with Crippen LogP contribution in [0.1, 0.15) is 24.6 Å². The Hall–Kier alpha value is -2.61. The van der Waals surface area contributed by atoms with Crippen LogP contribution in [0.3, 0.4) is 0 Å². The molecule has 0 saturated heterocycles. The highest BCUT2D eigenvalue weighted by Gasteiger charge is 2.22. The molecular weight excluding hydrogens is 282 g/mol. The van der Waals surface area contributed by atoms with Crippen LogP contribution >= 0.6 is 0 Å². The molecule has 0 saturated carbocycles. The minimum absolute atomic E-state index is 0.751. The average molecular weight is 301 g/mol. The normalized spacial score (nSPS) is 11.9. The van der Waals surface area contributed by atoms with Crippen LogP contribution in [0.2, 0.25) is 0 Å². The topological polar surface area (TPSA) is 22.1 Å². The van der Waals surface area contributed by atoms with E-state index in [1.807, 2.05) is 12.3 Å². The second-order valence-corrected chi connectivity index (χ2v) is 5.89. The van der Waals surface area contributed by atoms with E-state index in [0.29, 0.717) is 0 Å². The van der Waals surface area contributed by atoms with E-state index in [0.717, 1.165) is 25.2 Å². The van der Waals surface area contributed by atoms with Gasteiger partial charge in [0.2, 0.25) is 0 Å². The summed E-state index contributed by atoms with van der Waals surface area (Å²) in [4.78, 5) is 4.60. The zero-order valence-corrected chi connectivity index (χ0v) is 13.3. The monoisotopic (exact) mass is 301 g/mol. The lowest BCUT2D eigenvalue weighted by atomic mass is 9.96. The summed E-state index contributed by atoms with van der Waals surface area (Å²) in [6, 6.07) is 19.1. The molecule has 0 radical (unpaired) electrons. The molecule has 0 fully saturated rings. The van der Waals surface area contributed by atoms with Crippen molar-refractivity contribution in [2.75, 3.05) is 6.61 Å². The minimum Gasteiger partial charge on any atom is -0.494 e. The molecule has 0 bridgehead atoms. The molecule has 3 aromatic rings. The number of hydrogen-bond donors (Lipinski definition) is 0. The summed E-state index contributed by atoms with van der Waals surface area (Å²) >= 11 is 0. The first kappa shape index (κ1) is 14.0. The highest BCUT2D eigenvalue weighted by atomic mass is 16.5. The first-order valence-electron chi connectivity index (χ1n) is 8.16. The zero-order valence-electron chi connectivity index (χ0n) is 13.3. The van der Waals surface area contributed by atoms with E-state index in [-0.39, 0.29) is 0 Å². The molecule has 1 aliphatic rings. The van der Waals surface area contributed by atoms with Gasteiger partial charge in [0.1, 0.15) is 5.75 Å². The van der Waals surface area contributed by atoms with Crippen molar-refractivity contribution in [3.63, 3.8) is 0 Å². The molecule has 2 aromatic carbocycles. The second-order valence-electron chi connectivity index (χ2n) is 5.89. The van der Waals surface area contributed by atoms with Crippen LogP contribution in [0, 0.1) is 0 Å². The van der Waals surface area contributed by atoms with Crippen LogP contribution in [0.25, 0.3) is 22.3 Å². The molecule has 2 heteroatoms. The van der Waals surface area contributed by atoms with Crippen molar-refractivity contribution >= 4 is 0 Å². The highest BCUT2D eigenvalue weighted by molar-refractivity contribution is 5.89. The Balaban J connectivity index is 1.82. The molecule has 1 aromatic heterocycles. The first-order valence-corrected chi connectivity index (χ1v) is 8.16. The fourth-order valence-corrected chi connectivity index (χ4v) is 3.25. The number of benzene rings is 2. The van der Waals surface area contributed by atoms with Crippen LogP contribution in [-0.2, 0) is 6.42 Å². The summed E-state index contributed by atoms with van der Waals surface area (Å²) in [5.41, 5.74) is 7.54. The molecule has 0 atom stereocenters. The number of nitrogens with zero attached hydrogens (tertiary/aromatic N) is 1. The van der Waals surface area contributed by atoms with E-state index >= 15 is 0 Å². The summed E-state index contributed by atoms with van der Waals surface area (Å²) in [5, 5.41) is 0. The van der Waals surface area contributed by atoms with Crippen molar-refractivity contribution in [2.24, 2.45) is 0 Å². The summed E-state index contributed by atoms with van der Waals surface area (Å²) < 4.78 is 5.79. The number of aromatic nitrogens is 1. The number of hydrogen-bond acceptors (Lipinski definition) is 2. The molecule has 0 unspecified atom stereocenters. The molecule has 4 rings (SSSR count).